The fraction of sp³-hybridized carbons (Fsp3) is 0.846. The molecule has 6 heteroatoms. The zero-order valence-corrected chi connectivity index (χ0v) is 11.9. The molecule has 2 rings (SSSR count). The SMILES string of the molecule is CNC[C@H]1CCCN(C(=O)CN2CCN(C)C2=O)C1. The minimum Gasteiger partial charge on any atom is -0.341 e. The van der Waals surface area contributed by atoms with E-state index in [1.54, 1.807) is 16.8 Å². The highest BCUT2D eigenvalue weighted by Gasteiger charge is 2.30. The van der Waals surface area contributed by atoms with Gasteiger partial charge in [-0.25, -0.2) is 4.79 Å². The Balaban J connectivity index is 1.84. The molecule has 0 unspecified atom stereocenters. The summed E-state index contributed by atoms with van der Waals surface area (Å²) in [6.45, 7) is 4.21. The van der Waals surface area contributed by atoms with Crippen LogP contribution >= 0.6 is 0 Å². The highest BCUT2D eigenvalue weighted by atomic mass is 16.2. The molecule has 1 N–H and O–H groups in total. The Morgan fingerprint density at radius 3 is 2.79 bits per heavy atom. The predicted octanol–water partition coefficient (Wildman–Crippen LogP) is -0.188. The van der Waals surface area contributed by atoms with Gasteiger partial charge in [0, 0.05) is 33.2 Å². The molecule has 2 aliphatic heterocycles. The second-order valence-electron chi connectivity index (χ2n) is 5.53. The molecule has 0 radical (unpaired) electrons. The number of likely N-dealkylation sites (N-methyl/N-ethyl adjacent to an activating group) is 1. The Morgan fingerprint density at radius 1 is 1.37 bits per heavy atom. The average Bonchev–Trinajstić information content (AvgIpc) is 2.71. The third kappa shape index (κ3) is 3.37. The van der Waals surface area contributed by atoms with E-state index in [0.717, 1.165) is 26.1 Å². The van der Waals surface area contributed by atoms with Crippen molar-refractivity contribution in [3.8, 4) is 0 Å². The van der Waals surface area contributed by atoms with Crippen molar-refractivity contribution in [2.24, 2.45) is 5.92 Å². The standard InChI is InChI=1S/C13H24N4O2/c1-14-8-11-4-3-5-16(9-11)12(18)10-17-7-6-15(2)13(17)19/h11,14H,3-10H2,1-2H3/t11-/m1/s1. The number of nitrogens with zero attached hydrogens (tertiary/aromatic N) is 3. The molecule has 0 aromatic heterocycles. The van der Waals surface area contributed by atoms with Crippen molar-refractivity contribution in [2.75, 3.05) is 53.4 Å². The number of carbonyl (C=O) groups is 2. The van der Waals surface area contributed by atoms with Crippen LogP contribution in [0, 0.1) is 5.92 Å². The second kappa shape index (κ2) is 6.23. The van der Waals surface area contributed by atoms with Gasteiger partial charge in [-0.1, -0.05) is 0 Å². The van der Waals surface area contributed by atoms with Crippen LogP contribution in [-0.2, 0) is 4.79 Å². The topological polar surface area (TPSA) is 55.9 Å². The van der Waals surface area contributed by atoms with Gasteiger partial charge in [0.2, 0.25) is 5.91 Å². The summed E-state index contributed by atoms with van der Waals surface area (Å²) in [5.41, 5.74) is 0. The van der Waals surface area contributed by atoms with Crippen molar-refractivity contribution in [3.63, 3.8) is 0 Å². The van der Waals surface area contributed by atoms with Gasteiger partial charge >= 0.3 is 6.03 Å². The van der Waals surface area contributed by atoms with Gasteiger partial charge in [-0.15, -0.1) is 0 Å². The summed E-state index contributed by atoms with van der Waals surface area (Å²) in [6, 6.07) is -0.0304. The number of hydrogen-bond acceptors (Lipinski definition) is 3. The smallest absolute Gasteiger partial charge is 0.320 e. The van der Waals surface area contributed by atoms with Crippen molar-refractivity contribution in [1.82, 2.24) is 20.0 Å². The number of likely N-dealkylation sites (tertiary alicyclic amines) is 1. The fourth-order valence-electron chi connectivity index (χ4n) is 2.86. The molecule has 0 aromatic rings. The molecule has 1 atom stereocenters. The Kier molecular flexibility index (Phi) is 4.63. The summed E-state index contributed by atoms with van der Waals surface area (Å²) in [5.74, 6) is 0.629. The normalized spacial score (nSPS) is 24.2. The van der Waals surface area contributed by atoms with Crippen LogP contribution in [0.2, 0.25) is 0 Å². The average molecular weight is 268 g/mol. The Bertz CT molecular complexity index is 346. The third-order valence-electron chi connectivity index (χ3n) is 3.99. The minimum absolute atomic E-state index is 0.0304. The van der Waals surface area contributed by atoms with Crippen LogP contribution in [0.3, 0.4) is 0 Å². The van der Waals surface area contributed by atoms with Crippen LogP contribution in [0.15, 0.2) is 0 Å². The maximum atomic E-state index is 12.2. The molecule has 108 valence electrons. The lowest BCUT2D eigenvalue weighted by Crippen LogP contribution is -2.47. The van der Waals surface area contributed by atoms with Gasteiger partial charge in [-0.05, 0) is 32.4 Å². The molecular formula is C13H24N4O2. The Morgan fingerprint density at radius 2 is 2.16 bits per heavy atom. The predicted molar refractivity (Wildman–Crippen MR) is 72.8 cm³/mol. The molecular weight excluding hydrogens is 244 g/mol. The summed E-state index contributed by atoms with van der Waals surface area (Å²) < 4.78 is 0. The van der Waals surface area contributed by atoms with E-state index in [2.05, 4.69) is 5.32 Å². The molecule has 0 bridgehead atoms. The zero-order valence-electron chi connectivity index (χ0n) is 11.9. The molecule has 0 spiro atoms. The summed E-state index contributed by atoms with van der Waals surface area (Å²) in [4.78, 5) is 29.2. The zero-order chi connectivity index (χ0) is 13.8. The van der Waals surface area contributed by atoms with Crippen LogP contribution in [0.5, 0.6) is 0 Å². The van der Waals surface area contributed by atoms with Gasteiger partial charge in [0.25, 0.3) is 0 Å². The van der Waals surface area contributed by atoms with Crippen LogP contribution in [0.25, 0.3) is 0 Å². The first-order valence-corrected chi connectivity index (χ1v) is 7.04. The second-order valence-corrected chi connectivity index (χ2v) is 5.53. The fourth-order valence-corrected chi connectivity index (χ4v) is 2.86. The van der Waals surface area contributed by atoms with Gasteiger partial charge in [0.05, 0.1) is 0 Å². The van der Waals surface area contributed by atoms with Crippen LogP contribution in [0.1, 0.15) is 12.8 Å². The van der Waals surface area contributed by atoms with E-state index < -0.39 is 0 Å². The molecule has 2 saturated heterocycles. The lowest BCUT2D eigenvalue weighted by Gasteiger charge is -2.33. The first-order valence-electron chi connectivity index (χ1n) is 7.04. The van der Waals surface area contributed by atoms with Gasteiger partial charge in [0.1, 0.15) is 6.54 Å². The number of urea groups is 1. The van der Waals surface area contributed by atoms with Crippen molar-refractivity contribution in [1.29, 1.82) is 0 Å². The van der Waals surface area contributed by atoms with Crippen molar-refractivity contribution < 1.29 is 9.59 Å². The third-order valence-corrected chi connectivity index (χ3v) is 3.99. The highest BCUT2D eigenvalue weighted by molar-refractivity contribution is 5.85. The first kappa shape index (κ1) is 14.1. The summed E-state index contributed by atoms with van der Waals surface area (Å²) >= 11 is 0. The van der Waals surface area contributed by atoms with Crippen molar-refractivity contribution in [3.05, 3.63) is 0 Å². The maximum Gasteiger partial charge on any atom is 0.320 e. The molecule has 2 heterocycles. The van der Waals surface area contributed by atoms with E-state index in [4.69, 9.17) is 0 Å². The van der Waals surface area contributed by atoms with Gasteiger partial charge < -0.3 is 20.0 Å². The van der Waals surface area contributed by atoms with E-state index >= 15 is 0 Å². The van der Waals surface area contributed by atoms with Crippen LogP contribution in [-0.4, -0.2) is 80.0 Å². The maximum absolute atomic E-state index is 12.2. The molecule has 0 aliphatic carbocycles. The van der Waals surface area contributed by atoms with Gasteiger partial charge in [-0.3, -0.25) is 4.79 Å². The molecule has 19 heavy (non-hydrogen) atoms. The Labute approximate surface area is 114 Å². The number of hydrogen-bond donors (Lipinski definition) is 1. The van der Waals surface area contributed by atoms with Crippen molar-refractivity contribution in [2.45, 2.75) is 12.8 Å². The number of nitrogens with one attached hydrogen (secondary N) is 1. The Hall–Kier alpha value is -1.30. The van der Waals surface area contributed by atoms with Crippen LogP contribution in [0.4, 0.5) is 4.79 Å². The lowest BCUT2D eigenvalue weighted by molar-refractivity contribution is -0.133. The molecule has 3 amide bonds. The van der Waals surface area contributed by atoms with Crippen molar-refractivity contribution >= 4 is 11.9 Å². The largest absolute Gasteiger partial charge is 0.341 e. The van der Waals surface area contributed by atoms with Gasteiger partial charge in [-0.2, -0.15) is 0 Å². The molecule has 2 fully saturated rings. The number of carbonyl (C=O) groups excluding carboxylic acids is 2. The minimum atomic E-state index is -0.0304. The van der Waals surface area contributed by atoms with E-state index in [1.165, 1.54) is 6.42 Å². The summed E-state index contributed by atoms with van der Waals surface area (Å²) in [6.07, 6.45) is 2.24. The summed E-state index contributed by atoms with van der Waals surface area (Å²) in [7, 11) is 3.72. The molecule has 0 saturated carbocycles. The van der Waals surface area contributed by atoms with E-state index in [0.29, 0.717) is 19.0 Å². The molecule has 2 aliphatic rings. The lowest BCUT2D eigenvalue weighted by atomic mass is 9.98. The van der Waals surface area contributed by atoms with E-state index in [9.17, 15) is 9.59 Å². The first-order chi connectivity index (χ1) is 9.11. The number of piperidine rings is 1. The molecule has 0 aromatic carbocycles. The monoisotopic (exact) mass is 268 g/mol. The van der Waals surface area contributed by atoms with Crippen LogP contribution < -0.4 is 5.32 Å². The van der Waals surface area contributed by atoms with Gasteiger partial charge in [0.15, 0.2) is 0 Å². The highest BCUT2D eigenvalue weighted by Crippen LogP contribution is 2.16. The quantitative estimate of drug-likeness (QED) is 0.769. The number of amides is 3. The number of rotatable bonds is 4. The van der Waals surface area contributed by atoms with E-state index in [-0.39, 0.29) is 18.5 Å². The summed E-state index contributed by atoms with van der Waals surface area (Å²) in [5, 5.41) is 3.17. The molecule has 6 nitrogen and oxygen atoms in total. The van der Waals surface area contributed by atoms with E-state index in [1.807, 2.05) is 11.9 Å².